The van der Waals surface area contributed by atoms with Gasteiger partial charge in [0.1, 0.15) is 5.41 Å². The lowest BCUT2D eigenvalue weighted by Crippen LogP contribution is -2.39. The van der Waals surface area contributed by atoms with Gasteiger partial charge in [-0.15, -0.1) is 0 Å². The highest BCUT2D eigenvalue weighted by atomic mass is 16.4. The van der Waals surface area contributed by atoms with Gasteiger partial charge in [-0.2, -0.15) is 0 Å². The molecule has 5 heteroatoms. The molecule has 2 rings (SSSR count). The molecule has 1 saturated heterocycles. The Labute approximate surface area is 94.0 Å². The molecule has 0 radical (unpaired) electrons. The summed E-state index contributed by atoms with van der Waals surface area (Å²) < 4.78 is 0. The van der Waals surface area contributed by atoms with Crippen molar-refractivity contribution < 1.29 is 19.8 Å². The topological polar surface area (TPSA) is 77.8 Å². The molecule has 0 spiro atoms. The molecule has 90 valence electrons. The van der Waals surface area contributed by atoms with Crippen LogP contribution in [-0.2, 0) is 9.59 Å². The maximum absolute atomic E-state index is 12.0. The van der Waals surface area contributed by atoms with Crippen LogP contribution in [-0.4, -0.2) is 46.7 Å². The van der Waals surface area contributed by atoms with Crippen LogP contribution in [0.2, 0.25) is 0 Å². The van der Waals surface area contributed by atoms with E-state index in [1.54, 1.807) is 4.90 Å². The molecule has 1 heterocycles. The van der Waals surface area contributed by atoms with Gasteiger partial charge in [0, 0.05) is 19.7 Å². The van der Waals surface area contributed by atoms with Crippen molar-refractivity contribution in [3.05, 3.63) is 0 Å². The Morgan fingerprint density at radius 2 is 2.06 bits per heavy atom. The highest BCUT2D eigenvalue weighted by Crippen LogP contribution is 2.48. The Morgan fingerprint density at radius 3 is 2.56 bits per heavy atom. The molecular formula is C11H17NO4. The minimum atomic E-state index is -1.10. The second-order valence-electron chi connectivity index (χ2n) is 4.81. The van der Waals surface area contributed by atoms with E-state index in [0.29, 0.717) is 38.3 Å². The number of amides is 1. The molecule has 0 aromatic rings. The van der Waals surface area contributed by atoms with Gasteiger partial charge < -0.3 is 15.1 Å². The average molecular weight is 227 g/mol. The van der Waals surface area contributed by atoms with Gasteiger partial charge >= 0.3 is 5.97 Å². The van der Waals surface area contributed by atoms with Crippen molar-refractivity contribution in [1.29, 1.82) is 0 Å². The zero-order chi connectivity index (χ0) is 11.8. The predicted molar refractivity (Wildman–Crippen MR) is 55.7 cm³/mol. The van der Waals surface area contributed by atoms with E-state index in [0.717, 1.165) is 6.42 Å². The standard InChI is InChI=1S/C11H17NO4/c13-6-2-8-1-5-12(7-8)9(14)11(3-4-11)10(15)16/h8,13H,1-7H2,(H,15,16). The first-order valence-corrected chi connectivity index (χ1v) is 5.74. The Kier molecular flexibility index (Phi) is 2.88. The number of nitrogens with zero attached hydrogens (tertiary/aromatic N) is 1. The Balaban J connectivity index is 1.95. The number of carboxylic acids is 1. The predicted octanol–water partition coefficient (Wildman–Crippen LogP) is 0.0821. The molecule has 1 amide bonds. The molecule has 1 atom stereocenters. The maximum atomic E-state index is 12.0. The number of aliphatic carboxylic acids is 1. The van der Waals surface area contributed by atoms with Gasteiger partial charge in [-0.25, -0.2) is 0 Å². The quantitative estimate of drug-likeness (QED) is 0.667. The SMILES string of the molecule is O=C(O)C1(C(=O)N2CCC(CCO)C2)CC1. The minimum Gasteiger partial charge on any atom is -0.480 e. The van der Waals surface area contributed by atoms with Crippen molar-refractivity contribution in [2.24, 2.45) is 11.3 Å². The summed E-state index contributed by atoms with van der Waals surface area (Å²) in [6, 6.07) is 0. The van der Waals surface area contributed by atoms with Crippen LogP contribution >= 0.6 is 0 Å². The summed E-state index contributed by atoms with van der Waals surface area (Å²) in [5, 5.41) is 17.8. The molecule has 1 unspecified atom stereocenters. The molecule has 0 aromatic heterocycles. The van der Waals surface area contributed by atoms with Crippen molar-refractivity contribution >= 4 is 11.9 Å². The van der Waals surface area contributed by atoms with E-state index in [9.17, 15) is 9.59 Å². The monoisotopic (exact) mass is 227 g/mol. The highest BCUT2D eigenvalue weighted by Gasteiger charge is 2.59. The van der Waals surface area contributed by atoms with Crippen molar-refractivity contribution in [1.82, 2.24) is 4.90 Å². The molecule has 0 aromatic carbocycles. The number of carbonyl (C=O) groups excluding carboxylic acids is 1. The zero-order valence-electron chi connectivity index (χ0n) is 9.19. The molecule has 1 aliphatic carbocycles. The lowest BCUT2D eigenvalue weighted by molar-refractivity contribution is -0.153. The number of rotatable bonds is 4. The number of hydrogen-bond donors (Lipinski definition) is 2. The van der Waals surface area contributed by atoms with Crippen molar-refractivity contribution in [2.75, 3.05) is 19.7 Å². The third-order valence-corrected chi connectivity index (χ3v) is 3.68. The smallest absolute Gasteiger partial charge is 0.319 e. The van der Waals surface area contributed by atoms with Crippen LogP contribution in [0.25, 0.3) is 0 Å². The zero-order valence-corrected chi connectivity index (χ0v) is 9.19. The van der Waals surface area contributed by atoms with Crippen molar-refractivity contribution in [3.8, 4) is 0 Å². The third kappa shape index (κ3) is 1.80. The summed E-state index contributed by atoms with van der Waals surface area (Å²) >= 11 is 0. The number of carbonyl (C=O) groups is 2. The van der Waals surface area contributed by atoms with Crippen LogP contribution in [0, 0.1) is 11.3 Å². The second-order valence-corrected chi connectivity index (χ2v) is 4.81. The molecular weight excluding hydrogens is 210 g/mol. The number of aliphatic hydroxyl groups excluding tert-OH is 1. The Hall–Kier alpha value is -1.10. The maximum Gasteiger partial charge on any atom is 0.319 e. The molecule has 2 fully saturated rings. The fourth-order valence-electron chi connectivity index (χ4n) is 2.38. The van der Waals surface area contributed by atoms with Crippen LogP contribution in [0.4, 0.5) is 0 Å². The lowest BCUT2D eigenvalue weighted by atomic mass is 10.1. The molecule has 0 bridgehead atoms. The van der Waals surface area contributed by atoms with Gasteiger partial charge in [0.05, 0.1) is 0 Å². The van der Waals surface area contributed by atoms with E-state index >= 15 is 0 Å². The van der Waals surface area contributed by atoms with E-state index in [-0.39, 0.29) is 12.5 Å². The van der Waals surface area contributed by atoms with E-state index in [4.69, 9.17) is 10.2 Å². The first kappa shape index (κ1) is 11.4. The fraction of sp³-hybridized carbons (Fsp3) is 0.818. The Bertz CT molecular complexity index is 311. The highest BCUT2D eigenvalue weighted by molar-refractivity contribution is 6.04. The normalized spacial score (nSPS) is 26.8. The largest absolute Gasteiger partial charge is 0.480 e. The first-order valence-electron chi connectivity index (χ1n) is 5.74. The van der Waals surface area contributed by atoms with Crippen molar-refractivity contribution in [2.45, 2.75) is 25.7 Å². The third-order valence-electron chi connectivity index (χ3n) is 3.68. The van der Waals surface area contributed by atoms with Gasteiger partial charge in [-0.3, -0.25) is 9.59 Å². The molecule has 2 N–H and O–H groups in total. The van der Waals surface area contributed by atoms with Gasteiger partial charge in [-0.05, 0) is 31.6 Å². The minimum absolute atomic E-state index is 0.136. The van der Waals surface area contributed by atoms with Crippen LogP contribution in [0.3, 0.4) is 0 Å². The molecule has 16 heavy (non-hydrogen) atoms. The number of aliphatic hydroxyl groups is 1. The molecule has 5 nitrogen and oxygen atoms in total. The van der Waals surface area contributed by atoms with Gasteiger partial charge in [0.15, 0.2) is 0 Å². The van der Waals surface area contributed by atoms with Gasteiger partial charge in [0.25, 0.3) is 0 Å². The summed E-state index contributed by atoms with van der Waals surface area (Å²) in [5.41, 5.74) is -1.10. The fourth-order valence-corrected chi connectivity index (χ4v) is 2.38. The second kappa shape index (κ2) is 4.05. The number of hydrogen-bond acceptors (Lipinski definition) is 3. The summed E-state index contributed by atoms with van der Waals surface area (Å²) in [6.07, 6.45) is 2.52. The summed E-state index contributed by atoms with van der Waals surface area (Å²) in [4.78, 5) is 24.7. The van der Waals surface area contributed by atoms with E-state index in [1.807, 2.05) is 0 Å². The number of carboxylic acid groups (broad SMARTS) is 1. The summed E-state index contributed by atoms with van der Waals surface area (Å²) in [7, 11) is 0. The lowest BCUT2D eigenvalue weighted by Gasteiger charge is -2.20. The van der Waals surface area contributed by atoms with Crippen LogP contribution in [0.15, 0.2) is 0 Å². The molecule has 2 aliphatic rings. The Morgan fingerprint density at radius 1 is 1.38 bits per heavy atom. The van der Waals surface area contributed by atoms with Crippen LogP contribution in [0.5, 0.6) is 0 Å². The molecule has 1 aliphatic heterocycles. The van der Waals surface area contributed by atoms with E-state index in [1.165, 1.54) is 0 Å². The van der Waals surface area contributed by atoms with E-state index in [2.05, 4.69) is 0 Å². The summed E-state index contributed by atoms with van der Waals surface area (Å²) in [5.74, 6) is -0.873. The van der Waals surface area contributed by atoms with Crippen LogP contribution < -0.4 is 0 Å². The van der Waals surface area contributed by atoms with Gasteiger partial charge in [-0.1, -0.05) is 0 Å². The molecule has 1 saturated carbocycles. The summed E-state index contributed by atoms with van der Waals surface area (Å²) in [6.45, 7) is 1.38. The van der Waals surface area contributed by atoms with Crippen molar-refractivity contribution in [3.63, 3.8) is 0 Å². The number of likely N-dealkylation sites (tertiary alicyclic amines) is 1. The average Bonchev–Trinajstić information content (AvgIpc) is 2.94. The van der Waals surface area contributed by atoms with E-state index < -0.39 is 11.4 Å². The van der Waals surface area contributed by atoms with Crippen LogP contribution in [0.1, 0.15) is 25.7 Å². The van der Waals surface area contributed by atoms with Gasteiger partial charge in [0.2, 0.25) is 5.91 Å². The first-order chi connectivity index (χ1) is 7.60.